The number of aromatic hydroxyl groups is 1. The first-order valence-electron chi connectivity index (χ1n) is 6.37. The van der Waals surface area contributed by atoms with Crippen molar-refractivity contribution in [1.82, 2.24) is 4.57 Å². The average molecular weight is 270 g/mol. The number of nitrogens with two attached hydrogens (primary N) is 1. The van der Waals surface area contributed by atoms with Crippen molar-refractivity contribution >= 4 is 5.91 Å². The van der Waals surface area contributed by atoms with Gasteiger partial charge in [0.1, 0.15) is 5.75 Å². The number of phenolic OH excluding ortho intramolecular Hbond substituents is 1. The minimum atomic E-state index is -0.466. The number of nitrogens with zero attached hydrogens (tertiary/aromatic N) is 1. The molecule has 1 aromatic carbocycles. The molecule has 0 aliphatic rings. The second-order valence-electron chi connectivity index (χ2n) is 4.73. The molecule has 0 saturated heterocycles. The van der Waals surface area contributed by atoms with Crippen LogP contribution < -0.4 is 5.73 Å². The van der Waals surface area contributed by atoms with Gasteiger partial charge in [-0.1, -0.05) is 18.2 Å². The molecule has 0 atom stereocenters. The van der Waals surface area contributed by atoms with Gasteiger partial charge in [-0.2, -0.15) is 0 Å². The lowest BCUT2D eigenvalue weighted by molar-refractivity contribution is 0.1000. The normalized spacial score (nSPS) is 10.5. The Morgan fingerprint density at radius 1 is 1.40 bits per heavy atom. The Morgan fingerprint density at radius 3 is 2.65 bits per heavy atom. The molecule has 0 unspecified atom stereocenters. The third-order valence-electron chi connectivity index (χ3n) is 3.48. The molecule has 1 aromatic heterocycles. The molecule has 1 amide bonds. The maximum atomic E-state index is 11.8. The number of primary amides is 1. The molecule has 20 heavy (non-hydrogen) atoms. The second-order valence-corrected chi connectivity index (χ2v) is 4.73. The highest BCUT2D eigenvalue weighted by molar-refractivity contribution is 6.02. The van der Waals surface area contributed by atoms with Crippen LogP contribution >= 0.6 is 0 Å². The van der Waals surface area contributed by atoms with Gasteiger partial charge in [-0.05, 0) is 31.5 Å². The smallest absolute Gasteiger partial charge is 0.251 e. The van der Waals surface area contributed by atoms with Gasteiger partial charge in [-0.3, -0.25) is 4.79 Å². The molecule has 4 nitrogen and oxygen atoms in total. The number of carbonyl (C=O) groups excluding carboxylic acids is 1. The van der Waals surface area contributed by atoms with E-state index in [0.29, 0.717) is 12.1 Å². The SMILES string of the molecule is C=CCn1c(C)c(C(N)=O)c(-c2cccc(O)c2)c1C. The molecule has 0 bridgehead atoms. The number of rotatable bonds is 4. The molecular weight excluding hydrogens is 252 g/mol. The van der Waals surface area contributed by atoms with E-state index in [1.165, 1.54) is 0 Å². The van der Waals surface area contributed by atoms with E-state index in [1.54, 1.807) is 24.3 Å². The van der Waals surface area contributed by atoms with Crippen LogP contribution in [0.4, 0.5) is 0 Å². The lowest BCUT2D eigenvalue weighted by atomic mass is 10.00. The maximum Gasteiger partial charge on any atom is 0.251 e. The number of carbonyl (C=O) groups is 1. The number of phenols is 1. The summed E-state index contributed by atoms with van der Waals surface area (Å²) in [6.45, 7) is 8.14. The third-order valence-corrected chi connectivity index (χ3v) is 3.48. The lowest BCUT2D eigenvalue weighted by Gasteiger charge is -2.06. The summed E-state index contributed by atoms with van der Waals surface area (Å²) in [5, 5.41) is 9.64. The lowest BCUT2D eigenvalue weighted by Crippen LogP contribution is -2.13. The van der Waals surface area contributed by atoms with Gasteiger partial charge in [0.2, 0.25) is 0 Å². The van der Waals surface area contributed by atoms with Crippen molar-refractivity contribution in [3.63, 3.8) is 0 Å². The Labute approximate surface area is 118 Å². The average Bonchev–Trinajstić information content (AvgIpc) is 2.63. The zero-order valence-corrected chi connectivity index (χ0v) is 11.7. The Hall–Kier alpha value is -2.49. The molecule has 0 spiro atoms. The van der Waals surface area contributed by atoms with E-state index in [1.807, 2.05) is 24.5 Å². The molecule has 1 heterocycles. The van der Waals surface area contributed by atoms with Crippen molar-refractivity contribution in [2.24, 2.45) is 5.73 Å². The molecule has 0 aliphatic carbocycles. The Balaban J connectivity index is 2.77. The van der Waals surface area contributed by atoms with Crippen molar-refractivity contribution in [3.05, 3.63) is 53.9 Å². The molecule has 0 aliphatic heterocycles. The summed E-state index contributed by atoms with van der Waals surface area (Å²) >= 11 is 0. The van der Waals surface area contributed by atoms with Gasteiger partial charge in [0.05, 0.1) is 5.56 Å². The van der Waals surface area contributed by atoms with Gasteiger partial charge in [-0.15, -0.1) is 6.58 Å². The highest BCUT2D eigenvalue weighted by atomic mass is 16.3. The van der Waals surface area contributed by atoms with E-state index >= 15 is 0 Å². The largest absolute Gasteiger partial charge is 0.508 e. The van der Waals surface area contributed by atoms with Crippen molar-refractivity contribution in [2.45, 2.75) is 20.4 Å². The predicted octanol–water partition coefficient (Wildman–Crippen LogP) is 2.76. The second kappa shape index (κ2) is 5.25. The van der Waals surface area contributed by atoms with E-state index in [9.17, 15) is 9.90 Å². The molecule has 3 N–H and O–H groups in total. The van der Waals surface area contributed by atoms with Crippen molar-refractivity contribution < 1.29 is 9.90 Å². The van der Waals surface area contributed by atoms with Crippen LogP contribution in [-0.2, 0) is 6.54 Å². The monoisotopic (exact) mass is 270 g/mol. The number of benzene rings is 1. The van der Waals surface area contributed by atoms with Crippen LogP contribution in [0.25, 0.3) is 11.1 Å². The summed E-state index contributed by atoms with van der Waals surface area (Å²) in [5.41, 5.74) is 9.32. The van der Waals surface area contributed by atoms with E-state index in [0.717, 1.165) is 22.5 Å². The maximum absolute atomic E-state index is 11.8. The van der Waals surface area contributed by atoms with E-state index in [4.69, 9.17) is 5.73 Å². The summed E-state index contributed by atoms with van der Waals surface area (Å²) in [6, 6.07) is 6.82. The van der Waals surface area contributed by atoms with E-state index in [2.05, 4.69) is 6.58 Å². The number of hydrogen-bond acceptors (Lipinski definition) is 2. The fourth-order valence-electron chi connectivity index (χ4n) is 2.60. The van der Waals surface area contributed by atoms with Crippen LogP contribution in [0.3, 0.4) is 0 Å². The van der Waals surface area contributed by atoms with Crippen LogP contribution in [0.2, 0.25) is 0 Å². The highest BCUT2D eigenvalue weighted by Gasteiger charge is 2.22. The minimum absolute atomic E-state index is 0.159. The molecule has 2 aromatic rings. The molecule has 2 rings (SSSR count). The van der Waals surface area contributed by atoms with Crippen molar-refractivity contribution in [3.8, 4) is 16.9 Å². The topological polar surface area (TPSA) is 68.2 Å². The highest BCUT2D eigenvalue weighted by Crippen LogP contribution is 2.33. The fraction of sp³-hybridized carbons (Fsp3) is 0.188. The molecule has 0 radical (unpaired) electrons. The summed E-state index contributed by atoms with van der Waals surface area (Å²) in [6.07, 6.45) is 1.77. The zero-order chi connectivity index (χ0) is 14.9. The van der Waals surface area contributed by atoms with E-state index in [-0.39, 0.29) is 5.75 Å². The zero-order valence-electron chi connectivity index (χ0n) is 11.7. The molecule has 0 fully saturated rings. The van der Waals surface area contributed by atoms with Crippen molar-refractivity contribution in [2.75, 3.05) is 0 Å². The number of hydrogen-bond donors (Lipinski definition) is 2. The molecule has 0 saturated carbocycles. The Morgan fingerprint density at radius 2 is 2.10 bits per heavy atom. The van der Waals surface area contributed by atoms with Gasteiger partial charge >= 0.3 is 0 Å². The molecule has 104 valence electrons. The Kier molecular flexibility index (Phi) is 3.66. The van der Waals surface area contributed by atoms with Crippen LogP contribution in [0, 0.1) is 13.8 Å². The summed E-state index contributed by atoms with van der Waals surface area (Å²) in [5.74, 6) is -0.307. The number of amides is 1. The van der Waals surface area contributed by atoms with Gasteiger partial charge in [-0.25, -0.2) is 0 Å². The quantitative estimate of drug-likeness (QED) is 0.839. The first-order valence-corrected chi connectivity index (χ1v) is 6.37. The van der Waals surface area contributed by atoms with Gasteiger partial charge in [0.15, 0.2) is 0 Å². The van der Waals surface area contributed by atoms with Crippen LogP contribution in [0.5, 0.6) is 5.75 Å². The summed E-state index contributed by atoms with van der Waals surface area (Å²) in [7, 11) is 0. The van der Waals surface area contributed by atoms with Crippen molar-refractivity contribution in [1.29, 1.82) is 0 Å². The first kappa shape index (κ1) is 13.9. The predicted molar refractivity (Wildman–Crippen MR) is 79.7 cm³/mol. The summed E-state index contributed by atoms with van der Waals surface area (Å²) in [4.78, 5) is 11.8. The van der Waals surface area contributed by atoms with Gasteiger partial charge < -0.3 is 15.4 Å². The van der Waals surface area contributed by atoms with E-state index < -0.39 is 5.91 Å². The van der Waals surface area contributed by atoms with Crippen LogP contribution in [-0.4, -0.2) is 15.6 Å². The number of allylic oxidation sites excluding steroid dienone is 1. The molecule has 4 heteroatoms. The van der Waals surface area contributed by atoms with Crippen LogP contribution in [0.1, 0.15) is 21.7 Å². The third kappa shape index (κ3) is 2.20. The summed E-state index contributed by atoms with van der Waals surface area (Å²) < 4.78 is 1.99. The Bertz CT molecular complexity index is 684. The van der Waals surface area contributed by atoms with Gasteiger partial charge in [0, 0.05) is 23.5 Å². The number of aromatic nitrogens is 1. The van der Waals surface area contributed by atoms with Gasteiger partial charge in [0.25, 0.3) is 5.91 Å². The molecular formula is C16H18N2O2. The fourth-order valence-corrected chi connectivity index (χ4v) is 2.60. The minimum Gasteiger partial charge on any atom is -0.508 e. The van der Waals surface area contributed by atoms with Crippen LogP contribution in [0.15, 0.2) is 36.9 Å². The first-order chi connectivity index (χ1) is 9.47. The standard InChI is InChI=1S/C16H18N2O2/c1-4-8-18-10(2)14(15(11(18)3)16(17)20)12-6-5-7-13(19)9-12/h4-7,9,19H,1,8H2,2-3H3,(H2,17,20).